The second-order valence-corrected chi connectivity index (χ2v) is 6.50. The molecule has 1 aliphatic rings. The summed E-state index contributed by atoms with van der Waals surface area (Å²) in [4.78, 5) is 13.0. The number of hydrogen-bond donors (Lipinski definition) is 1. The minimum absolute atomic E-state index is 0.169. The van der Waals surface area contributed by atoms with Crippen molar-refractivity contribution in [2.45, 2.75) is 17.7 Å². The molecule has 0 atom stereocenters. The molecule has 1 aliphatic heterocycles. The smallest absolute Gasteiger partial charge is 0.308 e. The number of methoxy groups -OCH3 is 1. The van der Waals surface area contributed by atoms with Crippen LogP contribution in [0.4, 0.5) is 10.1 Å². The maximum absolute atomic E-state index is 14.0. The van der Waals surface area contributed by atoms with Crippen molar-refractivity contribution in [2.24, 2.45) is 11.1 Å². The third kappa shape index (κ3) is 3.51. The molecule has 0 saturated carbocycles. The van der Waals surface area contributed by atoms with Gasteiger partial charge in [0.05, 0.1) is 23.6 Å². The first-order chi connectivity index (χ1) is 9.82. The normalized spacial score (nSPS) is 16.8. The number of benzene rings is 1. The van der Waals surface area contributed by atoms with Crippen molar-refractivity contribution >= 4 is 21.7 Å². The maximum atomic E-state index is 14.0. The highest BCUT2D eigenvalue weighted by atomic mass is 32.2. The fraction of sp³-hybridized carbons (Fsp3) is 0.462. The highest BCUT2D eigenvalue weighted by Crippen LogP contribution is 2.27. The van der Waals surface area contributed by atoms with Gasteiger partial charge in [0.25, 0.3) is 0 Å². The van der Waals surface area contributed by atoms with Gasteiger partial charge in [0.15, 0.2) is 0 Å². The van der Waals surface area contributed by atoms with Gasteiger partial charge >= 0.3 is 5.97 Å². The van der Waals surface area contributed by atoms with Crippen molar-refractivity contribution < 1.29 is 22.3 Å². The van der Waals surface area contributed by atoms with E-state index >= 15 is 0 Å². The van der Waals surface area contributed by atoms with Gasteiger partial charge in [-0.2, -0.15) is 0 Å². The Labute approximate surface area is 122 Å². The molecule has 2 rings (SSSR count). The molecular formula is C13H17FN2O4S. The van der Waals surface area contributed by atoms with E-state index in [1.807, 2.05) is 0 Å². The summed E-state index contributed by atoms with van der Waals surface area (Å²) >= 11 is 0. The third-order valence-electron chi connectivity index (χ3n) is 3.62. The van der Waals surface area contributed by atoms with Crippen LogP contribution in [0.5, 0.6) is 0 Å². The molecule has 1 saturated heterocycles. The number of rotatable bonds is 3. The lowest BCUT2D eigenvalue weighted by Gasteiger charge is -2.32. The highest BCUT2D eigenvalue weighted by Gasteiger charge is 2.27. The summed E-state index contributed by atoms with van der Waals surface area (Å²) < 4.78 is 41.1. The Morgan fingerprint density at radius 2 is 2.00 bits per heavy atom. The first kappa shape index (κ1) is 15.7. The average Bonchev–Trinajstić information content (AvgIpc) is 2.45. The van der Waals surface area contributed by atoms with Gasteiger partial charge in [-0.05, 0) is 31.0 Å². The van der Waals surface area contributed by atoms with Gasteiger partial charge in [-0.15, -0.1) is 0 Å². The Morgan fingerprint density at radius 3 is 2.48 bits per heavy atom. The molecule has 0 bridgehead atoms. The Kier molecular flexibility index (Phi) is 4.48. The largest absolute Gasteiger partial charge is 0.469 e. The van der Waals surface area contributed by atoms with E-state index < -0.39 is 15.8 Å². The summed E-state index contributed by atoms with van der Waals surface area (Å²) in [5.41, 5.74) is 0.311. The lowest BCUT2D eigenvalue weighted by molar-refractivity contribution is -0.146. The third-order valence-corrected chi connectivity index (χ3v) is 4.53. The van der Waals surface area contributed by atoms with Crippen LogP contribution in [0.15, 0.2) is 23.1 Å². The second-order valence-electron chi connectivity index (χ2n) is 4.94. The zero-order valence-electron chi connectivity index (χ0n) is 11.6. The topological polar surface area (TPSA) is 89.7 Å². The number of anilines is 1. The first-order valence-electron chi connectivity index (χ1n) is 6.48. The second kappa shape index (κ2) is 5.98. The number of esters is 1. The average molecular weight is 316 g/mol. The predicted molar refractivity (Wildman–Crippen MR) is 74.7 cm³/mol. The van der Waals surface area contributed by atoms with Crippen LogP contribution in [0.1, 0.15) is 12.8 Å². The van der Waals surface area contributed by atoms with Gasteiger partial charge in [-0.3, -0.25) is 4.79 Å². The number of sulfonamides is 1. The molecule has 1 aromatic carbocycles. The summed E-state index contributed by atoms with van der Waals surface area (Å²) in [6, 6.07) is 3.59. The Bertz CT molecular complexity index is 640. The van der Waals surface area contributed by atoms with E-state index in [1.165, 1.54) is 19.2 Å². The van der Waals surface area contributed by atoms with E-state index in [4.69, 9.17) is 9.88 Å². The molecular weight excluding hydrogens is 299 g/mol. The fourth-order valence-electron chi connectivity index (χ4n) is 2.44. The maximum Gasteiger partial charge on any atom is 0.308 e. The quantitative estimate of drug-likeness (QED) is 0.836. The molecule has 1 aromatic rings. The van der Waals surface area contributed by atoms with Crippen LogP contribution in [0, 0.1) is 11.7 Å². The van der Waals surface area contributed by atoms with Gasteiger partial charge in [0, 0.05) is 13.1 Å². The first-order valence-corrected chi connectivity index (χ1v) is 8.02. The van der Waals surface area contributed by atoms with Crippen LogP contribution in [0.2, 0.25) is 0 Å². The van der Waals surface area contributed by atoms with Crippen LogP contribution < -0.4 is 10.0 Å². The molecule has 2 N–H and O–H groups in total. The van der Waals surface area contributed by atoms with Crippen molar-refractivity contribution in [3.05, 3.63) is 24.0 Å². The number of ether oxygens (including phenoxy) is 1. The van der Waals surface area contributed by atoms with Crippen LogP contribution in [-0.2, 0) is 19.6 Å². The van der Waals surface area contributed by atoms with Gasteiger partial charge in [0.1, 0.15) is 5.82 Å². The van der Waals surface area contributed by atoms with Crippen molar-refractivity contribution in [1.82, 2.24) is 0 Å². The molecule has 0 aliphatic carbocycles. The fourth-order valence-corrected chi connectivity index (χ4v) is 2.97. The monoisotopic (exact) mass is 316 g/mol. The number of carbonyl (C=O) groups excluding carboxylic acids is 1. The van der Waals surface area contributed by atoms with E-state index in [0.29, 0.717) is 31.6 Å². The number of hydrogen-bond acceptors (Lipinski definition) is 5. The molecule has 0 aromatic heterocycles. The van der Waals surface area contributed by atoms with Crippen molar-refractivity contribution in [3.63, 3.8) is 0 Å². The summed E-state index contributed by atoms with van der Waals surface area (Å²) in [7, 11) is -2.57. The molecule has 1 heterocycles. The number of nitrogens with two attached hydrogens (primary N) is 1. The number of halogens is 1. The molecule has 21 heavy (non-hydrogen) atoms. The number of carbonyl (C=O) groups is 1. The van der Waals surface area contributed by atoms with E-state index in [0.717, 1.165) is 6.07 Å². The van der Waals surface area contributed by atoms with Crippen molar-refractivity contribution in [2.75, 3.05) is 25.1 Å². The number of primary sulfonamides is 1. The number of nitrogens with zero attached hydrogens (tertiary/aromatic N) is 1. The zero-order chi connectivity index (χ0) is 15.6. The predicted octanol–water partition coefficient (Wildman–Crippen LogP) is 0.863. The van der Waals surface area contributed by atoms with E-state index in [1.54, 1.807) is 4.90 Å². The summed E-state index contributed by atoms with van der Waals surface area (Å²) in [6.07, 6.45) is 1.14. The molecule has 0 spiro atoms. The van der Waals surface area contributed by atoms with E-state index in [9.17, 15) is 17.6 Å². The van der Waals surface area contributed by atoms with Gasteiger partial charge < -0.3 is 9.64 Å². The minimum Gasteiger partial charge on any atom is -0.469 e. The highest BCUT2D eigenvalue weighted by molar-refractivity contribution is 7.89. The van der Waals surface area contributed by atoms with Gasteiger partial charge in [0.2, 0.25) is 10.0 Å². The number of piperidine rings is 1. The minimum atomic E-state index is -3.92. The molecule has 0 radical (unpaired) electrons. The molecule has 0 unspecified atom stereocenters. The molecule has 0 amide bonds. The standard InChI is InChI=1S/C13H17FN2O4S/c1-20-13(17)9-4-6-16(7-5-9)12-3-2-10(8-11(12)14)21(15,18)19/h2-3,8-9H,4-7H2,1H3,(H2,15,18,19). The van der Waals surface area contributed by atoms with E-state index in [2.05, 4.69) is 0 Å². The summed E-state index contributed by atoms with van der Waals surface area (Å²) in [6.45, 7) is 1.01. The van der Waals surface area contributed by atoms with Gasteiger partial charge in [-0.25, -0.2) is 17.9 Å². The van der Waals surface area contributed by atoms with E-state index in [-0.39, 0.29) is 16.8 Å². The molecule has 116 valence electrons. The van der Waals surface area contributed by atoms with Gasteiger partial charge in [-0.1, -0.05) is 0 Å². The lowest BCUT2D eigenvalue weighted by Crippen LogP contribution is -2.37. The molecule has 1 fully saturated rings. The van der Waals surface area contributed by atoms with Crippen molar-refractivity contribution in [1.29, 1.82) is 0 Å². The Hall–Kier alpha value is -1.67. The van der Waals surface area contributed by atoms with Crippen molar-refractivity contribution in [3.8, 4) is 0 Å². The summed E-state index contributed by atoms with van der Waals surface area (Å²) in [5.74, 6) is -1.06. The van der Waals surface area contributed by atoms with Crippen LogP contribution >= 0.6 is 0 Å². The molecule has 8 heteroatoms. The SMILES string of the molecule is COC(=O)C1CCN(c2ccc(S(N)(=O)=O)cc2F)CC1. The Balaban J connectivity index is 2.12. The zero-order valence-corrected chi connectivity index (χ0v) is 12.4. The lowest BCUT2D eigenvalue weighted by atomic mass is 9.96. The Morgan fingerprint density at radius 1 is 1.38 bits per heavy atom. The van der Waals surface area contributed by atoms with Crippen LogP contribution in [0.25, 0.3) is 0 Å². The van der Waals surface area contributed by atoms with Crippen LogP contribution in [0.3, 0.4) is 0 Å². The van der Waals surface area contributed by atoms with Crippen LogP contribution in [-0.4, -0.2) is 34.6 Å². The molecule has 6 nitrogen and oxygen atoms in total. The summed E-state index contributed by atoms with van der Waals surface area (Å²) in [5, 5.41) is 4.96.